The summed E-state index contributed by atoms with van der Waals surface area (Å²) < 4.78 is 32.3. The first kappa shape index (κ1) is 16.2. The van der Waals surface area contributed by atoms with Crippen LogP contribution >= 0.6 is 15.9 Å². The molecule has 3 N–H and O–H groups in total. The summed E-state index contributed by atoms with van der Waals surface area (Å²) in [4.78, 5) is 0.0711. The third-order valence-corrected chi connectivity index (χ3v) is 4.29. The number of hydrogen-bond donors (Lipinski definition) is 2. The Morgan fingerprint density at radius 3 is 2.79 bits per heavy atom. The maximum absolute atomic E-state index is 12.0. The Labute approximate surface area is 122 Å². The molecular weight excluding hydrogens is 332 g/mol. The van der Waals surface area contributed by atoms with E-state index in [-0.39, 0.29) is 17.1 Å². The van der Waals surface area contributed by atoms with Gasteiger partial charge in [0.2, 0.25) is 10.0 Å². The molecule has 19 heavy (non-hydrogen) atoms. The van der Waals surface area contributed by atoms with Gasteiger partial charge in [0.15, 0.2) is 0 Å². The molecule has 0 aromatic heterocycles. The molecule has 0 saturated carbocycles. The summed E-state index contributed by atoms with van der Waals surface area (Å²) in [6, 6.07) is 4.64. The maximum atomic E-state index is 12.0. The second-order valence-corrected chi connectivity index (χ2v) is 6.42. The Kier molecular flexibility index (Phi) is 6.50. The summed E-state index contributed by atoms with van der Waals surface area (Å²) >= 11 is 3.23. The van der Waals surface area contributed by atoms with Gasteiger partial charge < -0.3 is 10.5 Å². The number of nitrogens with two attached hydrogens (primary N) is 1. The van der Waals surface area contributed by atoms with Crippen LogP contribution in [0.4, 0.5) is 5.69 Å². The number of anilines is 1. The molecule has 1 aromatic rings. The molecule has 0 bridgehead atoms. The predicted octanol–water partition coefficient (Wildman–Crippen LogP) is 1.90. The van der Waals surface area contributed by atoms with Gasteiger partial charge in [-0.05, 0) is 24.6 Å². The molecule has 0 aliphatic heterocycles. The average molecular weight is 349 g/mol. The van der Waals surface area contributed by atoms with Crippen LogP contribution in [0.1, 0.15) is 6.42 Å². The van der Waals surface area contributed by atoms with Crippen LogP contribution in [-0.2, 0) is 14.8 Å². The summed E-state index contributed by atoms with van der Waals surface area (Å²) in [6.07, 6.45) is 2.49. The summed E-state index contributed by atoms with van der Waals surface area (Å²) in [5.41, 5.74) is 5.89. The number of ether oxygens (including phenoxy) is 1. The molecular formula is C12H17BrN2O3S. The van der Waals surface area contributed by atoms with E-state index in [9.17, 15) is 8.42 Å². The zero-order chi connectivity index (χ0) is 14.3. The highest BCUT2D eigenvalue weighted by atomic mass is 79.9. The molecule has 1 rings (SSSR count). The SMILES string of the molecule is C=CCCOCCNS(=O)(=O)c1ccc(Br)cc1N. The Morgan fingerprint density at radius 2 is 2.16 bits per heavy atom. The van der Waals surface area contributed by atoms with E-state index < -0.39 is 10.0 Å². The molecule has 1 aromatic carbocycles. The fraction of sp³-hybridized carbons (Fsp3) is 0.333. The van der Waals surface area contributed by atoms with Crippen molar-refractivity contribution < 1.29 is 13.2 Å². The van der Waals surface area contributed by atoms with Crippen LogP contribution in [0, 0.1) is 0 Å². The van der Waals surface area contributed by atoms with E-state index in [0.29, 0.717) is 13.2 Å². The summed E-state index contributed by atoms with van der Waals surface area (Å²) in [5, 5.41) is 0. The number of rotatable bonds is 8. The second-order valence-electron chi connectivity index (χ2n) is 3.77. The minimum absolute atomic E-state index is 0.0711. The number of nitrogen functional groups attached to an aromatic ring is 1. The standard InChI is InChI=1S/C12H17BrN2O3S/c1-2-3-7-18-8-6-15-19(16,17)12-5-4-10(13)9-11(12)14/h2,4-5,9,15H,1,3,6-8,14H2. The highest BCUT2D eigenvalue weighted by molar-refractivity contribution is 9.10. The van der Waals surface area contributed by atoms with E-state index in [0.717, 1.165) is 10.9 Å². The normalized spacial score (nSPS) is 11.4. The number of benzene rings is 1. The van der Waals surface area contributed by atoms with Crippen molar-refractivity contribution in [3.63, 3.8) is 0 Å². The van der Waals surface area contributed by atoms with Crippen LogP contribution < -0.4 is 10.5 Å². The first-order valence-corrected chi connectivity index (χ1v) is 7.98. The van der Waals surface area contributed by atoms with Crippen molar-refractivity contribution in [3.05, 3.63) is 35.3 Å². The molecule has 7 heteroatoms. The predicted molar refractivity (Wildman–Crippen MR) is 79.4 cm³/mol. The van der Waals surface area contributed by atoms with Crippen LogP contribution in [0.15, 0.2) is 40.2 Å². The molecule has 0 heterocycles. The molecule has 0 spiro atoms. The van der Waals surface area contributed by atoms with Crippen molar-refractivity contribution in [2.75, 3.05) is 25.5 Å². The lowest BCUT2D eigenvalue weighted by molar-refractivity contribution is 0.144. The van der Waals surface area contributed by atoms with E-state index in [1.807, 2.05) is 0 Å². The van der Waals surface area contributed by atoms with Gasteiger partial charge in [0.25, 0.3) is 0 Å². The van der Waals surface area contributed by atoms with E-state index in [4.69, 9.17) is 10.5 Å². The molecule has 0 aliphatic rings. The minimum Gasteiger partial charge on any atom is -0.398 e. The van der Waals surface area contributed by atoms with Gasteiger partial charge in [-0.3, -0.25) is 0 Å². The number of hydrogen-bond acceptors (Lipinski definition) is 4. The van der Waals surface area contributed by atoms with Crippen LogP contribution in [0.3, 0.4) is 0 Å². The molecule has 0 aliphatic carbocycles. The third-order valence-electron chi connectivity index (χ3n) is 2.27. The summed E-state index contributed by atoms with van der Waals surface area (Å²) in [6.45, 7) is 4.61. The Morgan fingerprint density at radius 1 is 1.42 bits per heavy atom. The smallest absolute Gasteiger partial charge is 0.242 e. The zero-order valence-corrected chi connectivity index (χ0v) is 12.8. The van der Waals surface area contributed by atoms with Crippen LogP contribution in [0.5, 0.6) is 0 Å². The molecule has 0 unspecified atom stereocenters. The van der Waals surface area contributed by atoms with Gasteiger partial charge in [0.1, 0.15) is 4.90 Å². The third kappa shape index (κ3) is 5.32. The fourth-order valence-corrected chi connectivity index (χ4v) is 2.86. The molecule has 5 nitrogen and oxygen atoms in total. The Balaban J connectivity index is 2.54. The highest BCUT2D eigenvalue weighted by Gasteiger charge is 2.16. The van der Waals surface area contributed by atoms with Crippen molar-refractivity contribution in [1.82, 2.24) is 4.72 Å². The monoisotopic (exact) mass is 348 g/mol. The van der Waals surface area contributed by atoms with Crippen LogP contribution in [-0.4, -0.2) is 28.2 Å². The second kappa shape index (κ2) is 7.64. The first-order valence-electron chi connectivity index (χ1n) is 5.70. The highest BCUT2D eigenvalue weighted by Crippen LogP contribution is 2.22. The van der Waals surface area contributed by atoms with Gasteiger partial charge in [-0.1, -0.05) is 22.0 Å². The zero-order valence-electron chi connectivity index (χ0n) is 10.4. The first-order chi connectivity index (χ1) is 8.97. The summed E-state index contributed by atoms with van der Waals surface area (Å²) in [7, 11) is -3.60. The van der Waals surface area contributed by atoms with Gasteiger partial charge in [0.05, 0.1) is 18.9 Å². The van der Waals surface area contributed by atoms with Crippen molar-refractivity contribution in [3.8, 4) is 0 Å². The lowest BCUT2D eigenvalue weighted by Crippen LogP contribution is -2.28. The van der Waals surface area contributed by atoms with Gasteiger partial charge in [-0.15, -0.1) is 6.58 Å². The van der Waals surface area contributed by atoms with Gasteiger partial charge in [-0.2, -0.15) is 0 Å². The van der Waals surface area contributed by atoms with Crippen molar-refractivity contribution >= 4 is 31.6 Å². The fourth-order valence-electron chi connectivity index (χ4n) is 1.36. The van der Waals surface area contributed by atoms with Gasteiger partial charge in [-0.25, -0.2) is 13.1 Å². The lowest BCUT2D eigenvalue weighted by Gasteiger charge is -2.09. The molecule has 0 atom stereocenters. The maximum Gasteiger partial charge on any atom is 0.242 e. The number of halogens is 1. The minimum atomic E-state index is -3.60. The van der Waals surface area contributed by atoms with Gasteiger partial charge >= 0.3 is 0 Å². The largest absolute Gasteiger partial charge is 0.398 e. The topological polar surface area (TPSA) is 81.4 Å². The molecule has 0 amide bonds. The molecule has 0 radical (unpaired) electrons. The van der Waals surface area contributed by atoms with Crippen molar-refractivity contribution in [1.29, 1.82) is 0 Å². The quantitative estimate of drug-likeness (QED) is 0.427. The van der Waals surface area contributed by atoms with Crippen LogP contribution in [0.2, 0.25) is 0 Å². The number of sulfonamides is 1. The average Bonchev–Trinajstić information content (AvgIpc) is 2.33. The van der Waals surface area contributed by atoms with Gasteiger partial charge in [0, 0.05) is 11.0 Å². The van der Waals surface area contributed by atoms with Crippen LogP contribution in [0.25, 0.3) is 0 Å². The van der Waals surface area contributed by atoms with E-state index in [2.05, 4.69) is 27.2 Å². The van der Waals surface area contributed by atoms with E-state index in [1.165, 1.54) is 6.07 Å². The molecule has 0 saturated heterocycles. The van der Waals surface area contributed by atoms with E-state index >= 15 is 0 Å². The molecule has 0 fully saturated rings. The Hall–Kier alpha value is -0.890. The van der Waals surface area contributed by atoms with E-state index in [1.54, 1.807) is 18.2 Å². The Bertz CT molecular complexity index is 532. The van der Waals surface area contributed by atoms with Crippen molar-refractivity contribution in [2.45, 2.75) is 11.3 Å². The van der Waals surface area contributed by atoms with Crippen molar-refractivity contribution in [2.24, 2.45) is 0 Å². The molecule has 106 valence electrons. The summed E-state index contributed by atoms with van der Waals surface area (Å²) in [5.74, 6) is 0. The lowest BCUT2D eigenvalue weighted by atomic mass is 10.3. The number of nitrogens with one attached hydrogen (secondary N) is 1.